The maximum absolute atomic E-state index is 10.9. The Morgan fingerprint density at radius 2 is 0.873 bits per heavy atom. The minimum absolute atomic E-state index is 0.468. The average Bonchev–Trinajstić information content (AvgIpc) is 3.88. The highest BCUT2D eigenvalue weighted by Crippen LogP contribution is 2.42. The summed E-state index contributed by atoms with van der Waals surface area (Å²) in [6.45, 7) is 1.24. The number of aliphatic imine (C=N–C) groups is 2. The largest absolute Gasteiger partial charge is 0.544 e. The number of aromatic nitrogens is 2. The van der Waals surface area contributed by atoms with E-state index < -0.39 is 42.4 Å². The number of pyridine rings is 2. The fraction of sp³-hybridized carbons (Fsp3) is 0.0870. The van der Waals surface area contributed by atoms with Gasteiger partial charge in [-0.25, -0.2) is 34.3 Å². The molecule has 2 aliphatic heterocycles. The minimum atomic E-state index is -5.08. The zero-order chi connectivity index (χ0) is 52.3. The Hall–Kier alpha value is -8.76. The summed E-state index contributed by atoms with van der Waals surface area (Å²) in [4.78, 5) is 55.0. The second kappa shape index (κ2) is 22.6. The van der Waals surface area contributed by atoms with Gasteiger partial charge in [0.15, 0.2) is 11.6 Å². The molecule has 0 unspecified atom stereocenters. The number of benzene rings is 5. The number of alkyl halides is 9. The lowest BCUT2D eigenvalue weighted by molar-refractivity contribution is -0.193. The number of carbonyl (C=O) groups excluding carboxylic acids is 2. The molecule has 0 saturated carbocycles. The van der Waals surface area contributed by atoms with Crippen molar-refractivity contribution in [3.05, 3.63) is 145 Å². The molecule has 0 fully saturated rings. The first-order chi connectivity index (χ1) is 33.4. The summed E-state index contributed by atoms with van der Waals surface area (Å²) in [5, 5.41) is 26.0. The summed E-state index contributed by atoms with van der Waals surface area (Å²) in [7, 11) is 8.21. The first-order valence-corrected chi connectivity index (χ1v) is 19.7. The smallest absolute Gasteiger partial charge is 0.490 e. The molecule has 71 heavy (non-hydrogen) atoms. The molecule has 0 aliphatic carbocycles. The Kier molecular flexibility index (Phi) is 16.9. The summed E-state index contributed by atoms with van der Waals surface area (Å²) in [6, 6.07) is 41.9. The number of anilines is 2. The number of nitrogens with zero attached hydrogens (tertiary/aromatic N) is 4. The third-order valence-corrected chi connectivity index (χ3v) is 9.35. The van der Waals surface area contributed by atoms with Crippen LogP contribution in [0, 0.1) is 0 Å². The van der Waals surface area contributed by atoms with Crippen LogP contribution in [0.25, 0.3) is 43.8 Å². The summed E-state index contributed by atoms with van der Waals surface area (Å²) >= 11 is 0. The Balaban J connectivity index is 0.000000286. The lowest BCUT2D eigenvalue weighted by Crippen LogP contribution is -2.24. The second-order valence-electron chi connectivity index (χ2n) is 14.0. The number of carboxylic acid groups (broad SMARTS) is 2. The molecule has 14 nitrogen and oxygen atoms in total. The van der Waals surface area contributed by atoms with E-state index in [0.29, 0.717) is 11.6 Å². The van der Waals surface area contributed by atoms with Crippen LogP contribution in [0.3, 0.4) is 0 Å². The van der Waals surface area contributed by atoms with Gasteiger partial charge in [0.25, 0.3) is 5.97 Å². The molecule has 4 N–H and O–H groups in total. The van der Waals surface area contributed by atoms with Crippen molar-refractivity contribution in [2.24, 2.45) is 9.98 Å². The SMILES string of the molecule is O=C(O)C(F)(F)F.O=C(O)C(F)(F)F.[B]OC(=O)C(F)(F)F.[B]OC(C)=O.c1ccc(N=C2Nc3ccc(-c4ccc(-c5ccc6c7c(cccc57)C(=Nc5ccccn5)N6)cc4)c4cccc2c34)nc1. The molecular formula is C46H29B2F9N6O8. The van der Waals surface area contributed by atoms with Crippen LogP contribution in [0.15, 0.2) is 144 Å². The van der Waals surface area contributed by atoms with Gasteiger partial charge in [-0.05, 0) is 69.4 Å². The van der Waals surface area contributed by atoms with Gasteiger partial charge in [0.1, 0.15) is 11.7 Å². The molecule has 5 aromatic carbocycles. The van der Waals surface area contributed by atoms with E-state index >= 15 is 0 Å². The number of aliphatic carboxylic acids is 2. The number of halogens is 9. The van der Waals surface area contributed by atoms with Crippen LogP contribution in [-0.2, 0) is 28.5 Å². The molecule has 0 atom stereocenters. The van der Waals surface area contributed by atoms with Crippen molar-refractivity contribution in [2.75, 3.05) is 10.6 Å². The van der Waals surface area contributed by atoms with E-state index in [2.05, 4.69) is 131 Å². The molecule has 0 spiro atoms. The van der Waals surface area contributed by atoms with Crippen molar-refractivity contribution in [2.45, 2.75) is 25.5 Å². The number of carboxylic acids is 2. The fourth-order valence-corrected chi connectivity index (χ4v) is 6.45. The third kappa shape index (κ3) is 13.7. The third-order valence-electron chi connectivity index (χ3n) is 9.35. The standard InChI is InChI=1S/C38H24N6.C2BF3O2.C2H3BO2.2C2HF3O2/c1-3-21-39-33(11-1)43-37-29-9-5-7-27-25(17-19-31(41-37)35(27)29)23-13-15-24(16-14-23)26-18-20-32-36-28(26)8-6-10-30(36)38(42-32)44-34-12-2-4-22-40-34;3-8-1(7)2(4,5)6;1-2(4)5-3;2*3-2(4,5)1(6)7/h1-22H,(H,39,41,43)(H,40,42,44);;1H3;2*(H,6,7). The molecule has 0 amide bonds. The molecule has 0 saturated heterocycles. The van der Waals surface area contributed by atoms with Gasteiger partial charge < -0.3 is 30.2 Å². The normalized spacial score (nSPS) is 13.1. The number of hydrogen-bond donors (Lipinski definition) is 4. The van der Waals surface area contributed by atoms with Crippen LogP contribution in [0.2, 0.25) is 0 Å². The van der Waals surface area contributed by atoms with Crippen LogP contribution in [-0.4, -0.2) is 90.4 Å². The van der Waals surface area contributed by atoms with Crippen molar-refractivity contribution in [3.63, 3.8) is 0 Å². The summed E-state index contributed by atoms with van der Waals surface area (Å²) in [6.07, 6.45) is -11.6. The van der Waals surface area contributed by atoms with Crippen molar-refractivity contribution in [1.82, 2.24) is 9.97 Å². The van der Waals surface area contributed by atoms with E-state index in [0.717, 1.165) is 34.2 Å². The highest BCUT2D eigenvalue weighted by Gasteiger charge is 2.40. The minimum Gasteiger partial charge on any atom is -0.544 e. The van der Waals surface area contributed by atoms with E-state index in [4.69, 9.17) is 29.8 Å². The lowest BCUT2D eigenvalue weighted by Gasteiger charge is -2.11. The van der Waals surface area contributed by atoms with Gasteiger partial charge in [-0.3, -0.25) is 4.79 Å². The predicted molar refractivity (Wildman–Crippen MR) is 243 cm³/mol. The molecule has 0 bridgehead atoms. The van der Waals surface area contributed by atoms with Gasteiger partial charge >= 0.3 is 52.5 Å². The summed E-state index contributed by atoms with van der Waals surface area (Å²) in [5.74, 6) is -5.35. The van der Waals surface area contributed by atoms with E-state index in [1.54, 1.807) is 12.4 Å². The molecule has 4 heterocycles. The molecule has 9 rings (SSSR count). The molecule has 2 aliphatic rings. The van der Waals surface area contributed by atoms with E-state index in [9.17, 15) is 49.1 Å². The first kappa shape index (κ1) is 53.2. The van der Waals surface area contributed by atoms with E-state index in [1.165, 1.54) is 50.7 Å². The van der Waals surface area contributed by atoms with Gasteiger partial charge in [0.05, 0.1) is 0 Å². The molecule has 25 heteroatoms. The summed E-state index contributed by atoms with van der Waals surface area (Å²) < 4.78 is 103. The maximum Gasteiger partial charge on any atom is 0.490 e. The van der Waals surface area contributed by atoms with Gasteiger partial charge in [-0.15, -0.1) is 0 Å². The van der Waals surface area contributed by atoms with Gasteiger partial charge in [-0.1, -0.05) is 84.9 Å². The van der Waals surface area contributed by atoms with Crippen LogP contribution < -0.4 is 10.6 Å². The van der Waals surface area contributed by atoms with Crippen LogP contribution in [0.1, 0.15) is 18.1 Å². The van der Waals surface area contributed by atoms with Gasteiger partial charge in [0.2, 0.25) is 0 Å². The number of carbonyl (C=O) groups is 4. The Morgan fingerprint density at radius 3 is 1.14 bits per heavy atom. The lowest BCUT2D eigenvalue weighted by atomic mass is 9.92. The molecule has 2 aromatic heterocycles. The first-order valence-electron chi connectivity index (χ1n) is 19.7. The quantitative estimate of drug-likeness (QED) is 0.0962. The average molecular weight is 986 g/mol. The molecule has 360 valence electrons. The number of nitrogens with one attached hydrogen (secondary N) is 2. The number of rotatable bonds is 4. The van der Waals surface area contributed by atoms with Crippen molar-refractivity contribution in [1.29, 1.82) is 0 Å². The van der Waals surface area contributed by atoms with Crippen molar-refractivity contribution in [3.8, 4) is 22.3 Å². The Labute approximate surface area is 396 Å². The highest BCUT2D eigenvalue weighted by atomic mass is 19.4. The Bertz CT molecular complexity index is 2950. The zero-order valence-electron chi connectivity index (χ0n) is 35.9. The number of amidine groups is 2. The van der Waals surface area contributed by atoms with Crippen LogP contribution in [0.4, 0.5) is 62.5 Å². The molecule has 7 aromatic rings. The van der Waals surface area contributed by atoms with E-state index in [1.807, 2.05) is 36.4 Å². The monoisotopic (exact) mass is 986 g/mol. The van der Waals surface area contributed by atoms with Crippen LogP contribution >= 0.6 is 0 Å². The molecular weight excluding hydrogens is 957 g/mol. The van der Waals surface area contributed by atoms with Gasteiger partial charge in [0, 0.05) is 52.6 Å². The zero-order valence-corrected chi connectivity index (χ0v) is 35.9. The maximum atomic E-state index is 10.9. The van der Waals surface area contributed by atoms with Gasteiger partial charge in [-0.2, -0.15) is 39.5 Å². The Morgan fingerprint density at radius 1 is 0.507 bits per heavy atom. The second-order valence-corrected chi connectivity index (χ2v) is 14.0. The van der Waals surface area contributed by atoms with Crippen LogP contribution in [0.5, 0.6) is 0 Å². The number of hydrogen-bond acceptors (Lipinski definition) is 10. The predicted octanol–water partition coefficient (Wildman–Crippen LogP) is 10.2. The van der Waals surface area contributed by atoms with Crippen molar-refractivity contribution >= 4 is 96.2 Å². The highest BCUT2D eigenvalue weighted by molar-refractivity contribution is 6.29. The van der Waals surface area contributed by atoms with Crippen molar-refractivity contribution < 1.29 is 78.2 Å². The topological polar surface area (TPSA) is 202 Å². The fourth-order valence-electron chi connectivity index (χ4n) is 6.45. The molecule has 4 radical (unpaired) electrons. The van der Waals surface area contributed by atoms with E-state index in [-0.39, 0.29) is 0 Å². The summed E-state index contributed by atoms with van der Waals surface area (Å²) in [5.41, 5.74) is 9.05.